The Kier molecular flexibility index (Phi) is 3.33. The molecule has 15 heavy (non-hydrogen) atoms. The second kappa shape index (κ2) is 4.72. The minimum absolute atomic E-state index is 0.466. The third kappa shape index (κ3) is 2.76. The van der Waals surface area contributed by atoms with Gasteiger partial charge in [-0.05, 0) is 18.8 Å². The molecule has 0 atom stereocenters. The Morgan fingerprint density at radius 3 is 3.00 bits per heavy atom. The number of nitrogens with two attached hydrogens (primary N) is 1. The zero-order valence-corrected chi connectivity index (χ0v) is 9.19. The fourth-order valence-corrected chi connectivity index (χ4v) is 1.99. The highest BCUT2D eigenvalue weighted by atomic mass is 15.4. The van der Waals surface area contributed by atoms with Crippen molar-refractivity contribution in [3.63, 3.8) is 0 Å². The Morgan fingerprint density at radius 2 is 2.40 bits per heavy atom. The predicted molar refractivity (Wildman–Crippen MR) is 58.1 cm³/mol. The number of rotatable bonds is 5. The summed E-state index contributed by atoms with van der Waals surface area (Å²) < 4.78 is 1.84. The molecule has 0 radical (unpaired) electrons. The summed E-state index contributed by atoms with van der Waals surface area (Å²) in [5.41, 5.74) is 6.31. The largest absolute Gasteiger partial charge is 0.325 e. The fraction of sp³-hybridized carbons (Fsp3) is 0.800. The summed E-state index contributed by atoms with van der Waals surface area (Å²) in [5, 5.41) is 11.4. The van der Waals surface area contributed by atoms with Gasteiger partial charge in [-0.1, -0.05) is 12.1 Å². The van der Waals surface area contributed by atoms with Crippen LogP contribution in [0, 0.1) is 5.92 Å². The van der Waals surface area contributed by atoms with Gasteiger partial charge in [0.05, 0.1) is 12.2 Å². The van der Waals surface area contributed by atoms with E-state index in [1.807, 2.05) is 10.9 Å². The van der Waals surface area contributed by atoms with Crippen LogP contribution in [0.3, 0.4) is 0 Å². The fourth-order valence-electron chi connectivity index (χ4n) is 1.99. The monoisotopic (exact) mass is 209 g/mol. The van der Waals surface area contributed by atoms with Crippen molar-refractivity contribution in [2.24, 2.45) is 11.7 Å². The van der Waals surface area contributed by atoms with Gasteiger partial charge in [0.2, 0.25) is 0 Å². The smallest absolute Gasteiger partial charge is 0.0962 e. The van der Waals surface area contributed by atoms with Crippen LogP contribution < -0.4 is 11.1 Å². The lowest BCUT2D eigenvalue weighted by atomic mass is 9.82. The van der Waals surface area contributed by atoms with Gasteiger partial charge in [-0.3, -0.25) is 4.68 Å². The van der Waals surface area contributed by atoms with Gasteiger partial charge >= 0.3 is 0 Å². The van der Waals surface area contributed by atoms with E-state index in [0.717, 1.165) is 30.7 Å². The third-order valence-electron chi connectivity index (χ3n) is 2.94. The molecule has 84 valence electrons. The molecule has 5 nitrogen and oxygen atoms in total. The van der Waals surface area contributed by atoms with Crippen molar-refractivity contribution in [2.45, 2.75) is 38.9 Å². The van der Waals surface area contributed by atoms with Gasteiger partial charge in [0.25, 0.3) is 0 Å². The predicted octanol–water partition coefficient (Wildman–Crippen LogP) is 0.125. The van der Waals surface area contributed by atoms with Gasteiger partial charge in [-0.2, -0.15) is 0 Å². The van der Waals surface area contributed by atoms with Crippen LogP contribution in [0.5, 0.6) is 0 Å². The maximum Gasteiger partial charge on any atom is 0.0962 e. The van der Waals surface area contributed by atoms with Crippen LogP contribution in [0.15, 0.2) is 6.20 Å². The molecule has 1 aliphatic rings. The molecule has 1 saturated carbocycles. The van der Waals surface area contributed by atoms with E-state index in [-0.39, 0.29) is 0 Å². The zero-order chi connectivity index (χ0) is 10.7. The number of hydrogen-bond acceptors (Lipinski definition) is 4. The van der Waals surface area contributed by atoms with Crippen LogP contribution in [-0.4, -0.2) is 27.6 Å². The van der Waals surface area contributed by atoms with Crippen molar-refractivity contribution in [2.75, 3.05) is 6.54 Å². The standard InChI is InChI=1S/C10H19N5/c1-8-4-9(5-8)12-2-3-15-7-10(6-11)13-14-15/h7-9,12H,2-6,11H2,1H3. The molecule has 1 aromatic rings. The van der Waals surface area contributed by atoms with E-state index in [1.165, 1.54) is 12.8 Å². The molecular formula is C10H19N5. The van der Waals surface area contributed by atoms with E-state index < -0.39 is 0 Å². The van der Waals surface area contributed by atoms with E-state index in [2.05, 4.69) is 22.6 Å². The molecule has 0 amide bonds. The normalized spacial score (nSPS) is 25.2. The lowest BCUT2D eigenvalue weighted by Crippen LogP contribution is -2.41. The highest BCUT2D eigenvalue weighted by molar-refractivity contribution is 4.90. The third-order valence-corrected chi connectivity index (χ3v) is 2.94. The zero-order valence-electron chi connectivity index (χ0n) is 9.19. The van der Waals surface area contributed by atoms with Crippen molar-refractivity contribution < 1.29 is 0 Å². The molecule has 3 N–H and O–H groups in total. The molecule has 0 spiro atoms. The van der Waals surface area contributed by atoms with Crippen LogP contribution >= 0.6 is 0 Å². The minimum atomic E-state index is 0.466. The van der Waals surface area contributed by atoms with Gasteiger partial charge in [0, 0.05) is 25.3 Å². The molecule has 1 aliphatic carbocycles. The molecule has 0 bridgehead atoms. The summed E-state index contributed by atoms with van der Waals surface area (Å²) in [6, 6.07) is 0.720. The minimum Gasteiger partial charge on any atom is -0.325 e. The summed E-state index contributed by atoms with van der Waals surface area (Å²) in [6.07, 6.45) is 4.53. The van der Waals surface area contributed by atoms with Crippen LogP contribution in [0.2, 0.25) is 0 Å². The summed E-state index contributed by atoms with van der Waals surface area (Å²) >= 11 is 0. The van der Waals surface area contributed by atoms with E-state index in [1.54, 1.807) is 0 Å². The quantitative estimate of drug-likeness (QED) is 0.723. The molecule has 2 rings (SSSR count). The van der Waals surface area contributed by atoms with Gasteiger partial charge < -0.3 is 11.1 Å². The second-order valence-corrected chi connectivity index (χ2v) is 4.40. The van der Waals surface area contributed by atoms with Crippen LogP contribution in [0.1, 0.15) is 25.5 Å². The molecule has 5 heteroatoms. The lowest BCUT2D eigenvalue weighted by Gasteiger charge is -2.33. The Balaban J connectivity index is 1.65. The van der Waals surface area contributed by atoms with Gasteiger partial charge in [0.1, 0.15) is 0 Å². The Morgan fingerprint density at radius 1 is 1.60 bits per heavy atom. The molecule has 1 fully saturated rings. The summed E-state index contributed by atoms with van der Waals surface area (Å²) in [6.45, 7) is 4.60. The molecule has 0 saturated heterocycles. The molecule has 0 aromatic carbocycles. The maximum absolute atomic E-state index is 5.45. The van der Waals surface area contributed by atoms with E-state index in [4.69, 9.17) is 5.73 Å². The number of hydrogen-bond donors (Lipinski definition) is 2. The average Bonchev–Trinajstić information content (AvgIpc) is 2.63. The maximum atomic E-state index is 5.45. The van der Waals surface area contributed by atoms with Crippen LogP contribution in [0.4, 0.5) is 0 Å². The molecule has 0 aliphatic heterocycles. The Hall–Kier alpha value is -0.940. The van der Waals surface area contributed by atoms with Crippen LogP contribution in [-0.2, 0) is 13.1 Å². The number of aromatic nitrogens is 3. The van der Waals surface area contributed by atoms with Crippen molar-refractivity contribution >= 4 is 0 Å². The van der Waals surface area contributed by atoms with Crippen molar-refractivity contribution in [3.8, 4) is 0 Å². The first-order valence-electron chi connectivity index (χ1n) is 5.60. The second-order valence-electron chi connectivity index (χ2n) is 4.40. The van der Waals surface area contributed by atoms with Crippen LogP contribution in [0.25, 0.3) is 0 Å². The van der Waals surface area contributed by atoms with E-state index in [0.29, 0.717) is 6.54 Å². The van der Waals surface area contributed by atoms with Gasteiger partial charge in [-0.25, -0.2) is 0 Å². The van der Waals surface area contributed by atoms with Crippen molar-refractivity contribution in [1.82, 2.24) is 20.3 Å². The summed E-state index contributed by atoms with van der Waals surface area (Å²) in [5.74, 6) is 0.901. The lowest BCUT2D eigenvalue weighted by molar-refractivity contribution is 0.239. The van der Waals surface area contributed by atoms with Crippen molar-refractivity contribution in [1.29, 1.82) is 0 Å². The first kappa shape index (κ1) is 10.6. The van der Waals surface area contributed by atoms with E-state index in [9.17, 15) is 0 Å². The molecular weight excluding hydrogens is 190 g/mol. The summed E-state index contributed by atoms with van der Waals surface area (Å²) in [4.78, 5) is 0. The first-order chi connectivity index (χ1) is 7.28. The van der Waals surface area contributed by atoms with Gasteiger partial charge in [-0.15, -0.1) is 5.10 Å². The highest BCUT2D eigenvalue weighted by Gasteiger charge is 2.24. The molecule has 1 aromatic heterocycles. The number of nitrogens with zero attached hydrogens (tertiary/aromatic N) is 3. The van der Waals surface area contributed by atoms with Gasteiger partial charge in [0.15, 0.2) is 0 Å². The topological polar surface area (TPSA) is 68.8 Å². The highest BCUT2D eigenvalue weighted by Crippen LogP contribution is 2.25. The summed E-state index contributed by atoms with van der Waals surface area (Å²) in [7, 11) is 0. The molecule has 1 heterocycles. The van der Waals surface area contributed by atoms with Crippen molar-refractivity contribution in [3.05, 3.63) is 11.9 Å². The Bertz CT molecular complexity index is 303. The SMILES string of the molecule is CC1CC(NCCn2cc(CN)nn2)C1. The Labute approximate surface area is 90.0 Å². The average molecular weight is 209 g/mol. The first-order valence-corrected chi connectivity index (χ1v) is 5.60. The van der Waals surface area contributed by atoms with E-state index >= 15 is 0 Å². The number of nitrogens with one attached hydrogen (secondary N) is 1. The molecule has 0 unspecified atom stereocenters.